The molecule has 7 heteroatoms. The Bertz CT molecular complexity index is 789. The van der Waals surface area contributed by atoms with Crippen LogP contribution in [0.3, 0.4) is 0 Å². The first-order chi connectivity index (χ1) is 10.9. The van der Waals surface area contributed by atoms with Crippen LogP contribution in [-0.4, -0.2) is 20.1 Å². The van der Waals surface area contributed by atoms with Crippen molar-refractivity contribution in [2.75, 3.05) is 5.75 Å². The van der Waals surface area contributed by atoms with Crippen LogP contribution in [0.15, 0.2) is 53.4 Å². The van der Waals surface area contributed by atoms with Gasteiger partial charge in [0.2, 0.25) is 5.91 Å². The average Bonchev–Trinajstić information content (AvgIpc) is 2.52. The third-order valence-electron chi connectivity index (χ3n) is 3.16. The van der Waals surface area contributed by atoms with Crippen molar-refractivity contribution in [3.05, 3.63) is 64.1 Å². The Balaban J connectivity index is 1.87. The third kappa shape index (κ3) is 5.53. The molecule has 0 atom stereocenters. The predicted molar refractivity (Wildman–Crippen MR) is 91.4 cm³/mol. The van der Waals surface area contributed by atoms with Crippen LogP contribution < -0.4 is 5.32 Å². The van der Waals surface area contributed by atoms with Crippen LogP contribution in [0, 0.1) is 0 Å². The molecule has 2 rings (SSSR count). The van der Waals surface area contributed by atoms with Crippen molar-refractivity contribution in [1.29, 1.82) is 0 Å². The topological polar surface area (TPSA) is 63.2 Å². The Morgan fingerprint density at radius 1 is 1.00 bits per heavy atom. The molecule has 0 fully saturated rings. The van der Waals surface area contributed by atoms with Gasteiger partial charge in [-0.05, 0) is 35.9 Å². The minimum absolute atomic E-state index is 0.109. The second kappa shape index (κ2) is 7.81. The molecule has 0 saturated carbocycles. The fourth-order valence-corrected chi connectivity index (χ4v) is 3.56. The summed E-state index contributed by atoms with van der Waals surface area (Å²) in [4.78, 5) is 11.9. The molecule has 0 spiro atoms. The van der Waals surface area contributed by atoms with E-state index < -0.39 is 9.84 Å². The molecule has 122 valence electrons. The molecular formula is C16H15Cl2NO3S. The van der Waals surface area contributed by atoms with Gasteiger partial charge in [0.05, 0.1) is 10.6 Å². The highest BCUT2D eigenvalue weighted by Crippen LogP contribution is 2.17. The van der Waals surface area contributed by atoms with Crippen LogP contribution in [0.2, 0.25) is 10.0 Å². The van der Waals surface area contributed by atoms with E-state index in [1.165, 1.54) is 12.1 Å². The number of sulfone groups is 1. The lowest BCUT2D eigenvalue weighted by atomic mass is 10.2. The van der Waals surface area contributed by atoms with Gasteiger partial charge < -0.3 is 5.32 Å². The molecule has 0 unspecified atom stereocenters. The second-order valence-electron chi connectivity index (χ2n) is 4.93. The molecule has 1 amide bonds. The van der Waals surface area contributed by atoms with E-state index in [0.717, 1.165) is 5.56 Å². The van der Waals surface area contributed by atoms with E-state index in [1.54, 1.807) is 36.4 Å². The monoisotopic (exact) mass is 371 g/mol. The van der Waals surface area contributed by atoms with Crippen molar-refractivity contribution in [2.24, 2.45) is 0 Å². The van der Waals surface area contributed by atoms with Crippen molar-refractivity contribution in [2.45, 2.75) is 17.9 Å². The van der Waals surface area contributed by atoms with Gasteiger partial charge >= 0.3 is 0 Å². The van der Waals surface area contributed by atoms with Gasteiger partial charge in [0.1, 0.15) is 0 Å². The smallest absolute Gasteiger partial charge is 0.221 e. The number of hydrogen-bond donors (Lipinski definition) is 1. The van der Waals surface area contributed by atoms with Gasteiger partial charge in [-0.15, -0.1) is 0 Å². The molecule has 0 saturated heterocycles. The van der Waals surface area contributed by atoms with Crippen LogP contribution in [0.25, 0.3) is 0 Å². The highest BCUT2D eigenvalue weighted by molar-refractivity contribution is 7.91. The van der Waals surface area contributed by atoms with Crippen molar-refractivity contribution in [1.82, 2.24) is 5.32 Å². The summed E-state index contributed by atoms with van der Waals surface area (Å²) in [5, 5.41) is 3.65. The molecule has 0 heterocycles. The average molecular weight is 372 g/mol. The minimum atomic E-state index is -3.53. The van der Waals surface area contributed by atoms with Crippen LogP contribution in [0.5, 0.6) is 0 Å². The van der Waals surface area contributed by atoms with Gasteiger partial charge in [0, 0.05) is 23.0 Å². The molecule has 2 aromatic carbocycles. The second-order valence-corrected chi connectivity index (χ2v) is 7.91. The first-order valence-corrected chi connectivity index (χ1v) is 9.27. The Hall–Kier alpha value is -1.56. The summed E-state index contributed by atoms with van der Waals surface area (Å²) in [6.45, 7) is 0.327. The number of amides is 1. The zero-order valence-electron chi connectivity index (χ0n) is 12.1. The molecule has 4 nitrogen and oxygen atoms in total. The zero-order valence-corrected chi connectivity index (χ0v) is 14.5. The fourth-order valence-electron chi connectivity index (χ4n) is 1.90. The van der Waals surface area contributed by atoms with E-state index in [2.05, 4.69) is 5.32 Å². The third-order valence-corrected chi connectivity index (χ3v) is 5.36. The summed E-state index contributed by atoms with van der Waals surface area (Å²) >= 11 is 11.6. The van der Waals surface area contributed by atoms with Gasteiger partial charge in [-0.25, -0.2) is 8.42 Å². The quantitative estimate of drug-likeness (QED) is 0.845. The summed E-state index contributed by atoms with van der Waals surface area (Å²) in [5.74, 6) is -0.592. The summed E-state index contributed by atoms with van der Waals surface area (Å²) < 4.78 is 24.3. The molecule has 0 aliphatic carbocycles. The number of carbonyl (C=O) groups is 1. The minimum Gasteiger partial charge on any atom is -0.352 e. The number of halogens is 2. The number of carbonyl (C=O) groups excluding carboxylic acids is 1. The van der Waals surface area contributed by atoms with Gasteiger partial charge in [-0.1, -0.05) is 41.4 Å². The summed E-state index contributed by atoms with van der Waals surface area (Å²) in [5.41, 5.74) is 0.889. The molecule has 0 bridgehead atoms. The van der Waals surface area contributed by atoms with Crippen molar-refractivity contribution >= 4 is 38.9 Å². The summed E-state index contributed by atoms with van der Waals surface area (Å²) in [7, 11) is -3.53. The van der Waals surface area contributed by atoms with Gasteiger partial charge in [0.15, 0.2) is 9.84 Å². The van der Waals surface area contributed by atoms with E-state index in [1.807, 2.05) is 0 Å². The molecule has 0 radical (unpaired) electrons. The Labute approximate surface area is 145 Å². The molecule has 23 heavy (non-hydrogen) atoms. The van der Waals surface area contributed by atoms with E-state index in [9.17, 15) is 13.2 Å². The molecule has 0 aromatic heterocycles. The lowest BCUT2D eigenvalue weighted by molar-refractivity contribution is -0.120. The number of benzene rings is 2. The lowest BCUT2D eigenvalue weighted by Gasteiger charge is -2.07. The molecule has 0 aliphatic heterocycles. The Morgan fingerprint density at radius 2 is 1.70 bits per heavy atom. The standard InChI is InChI=1S/C16H15Cl2NO3S/c17-13-6-4-12(5-7-13)11-19-16(20)8-9-23(21,22)15-3-1-2-14(18)10-15/h1-7,10H,8-9,11H2,(H,19,20). The van der Waals surface area contributed by atoms with Gasteiger partial charge in [0.25, 0.3) is 0 Å². The zero-order chi connectivity index (χ0) is 16.9. The van der Waals surface area contributed by atoms with Crippen LogP contribution in [-0.2, 0) is 21.2 Å². The highest BCUT2D eigenvalue weighted by atomic mass is 35.5. The normalized spacial score (nSPS) is 11.2. The SMILES string of the molecule is O=C(CCS(=O)(=O)c1cccc(Cl)c1)NCc1ccc(Cl)cc1. The number of nitrogens with one attached hydrogen (secondary N) is 1. The first kappa shape index (κ1) is 17.8. The van der Waals surface area contributed by atoms with E-state index in [4.69, 9.17) is 23.2 Å². The van der Waals surface area contributed by atoms with Crippen LogP contribution >= 0.6 is 23.2 Å². The lowest BCUT2D eigenvalue weighted by Crippen LogP contribution is -2.25. The largest absolute Gasteiger partial charge is 0.352 e. The molecule has 1 N–H and O–H groups in total. The molecule has 2 aromatic rings. The van der Waals surface area contributed by atoms with Crippen LogP contribution in [0.1, 0.15) is 12.0 Å². The predicted octanol–water partition coefficient (Wildman–Crippen LogP) is 3.47. The molecular weight excluding hydrogens is 357 g/mol. The fraction of sp³-hybridized carbons (Fsp3) is 0.188. The Morgan fingerprint density at radius 3 is 2.35 bits per heavy atom. The van der Waals surface area contributed by atoms with Crippen LogP contribution in [0.4, 0.5) is 0 Å². The van der Waals surface area contributed by atoms with Gasteiger partial charge in [-0.3, -0.25) is 4.79 Å². The maximum absolute atomic E-state index is 12.1. The van der Waals surface area contributed by atoms with Crippen molar-refractivity contribution < 1.29 is 13.2 Å². The maximum atomic E-state index is 12.1. The van der Waals surface area contributed by atoms with E-state index >= 15 is 0 Å². The van der Waals surface area contributed by atoms with Gasteiger partial charge in [-0.2, -0.15) is 0 Å². The number of hydrogen-bond acceptors (Lipinski definition) is 3. The Kier molecular flexibility index (Phi) is 6.04. The van der Waals surface area contributed by atoms with Crippen molar-refractivity contribution in [3.8, 4) is 0 Å². The van der Waals surface area contributed by atoms with Crippen molar-refractivity contribution in [3.63, 3.8) is 0 Å². The maximum Gasteiger partial charge on any atom is 0.221 e. The summed E-state index contributed by atoms with van der Waals surface area (Å²) in [6, 6.07) is 13.1. The number of rotatable bonds is 6. The van der Waals surface area contributed by atoms with E-state index in [0.29, 0.717) is 16.6 Å². The molecule has 0 aliphatic rings. The summed E-state index contributed by atoms with van der Waals surface area (Å²) in [6.07, 6.45) is -0.109. The van der Waals surface area contributed by atoms with E-state index in [-0.39, 0.29) is 23.0 Å². The highest BCUT2D eigenvalue weighted by Gasteiger charge is 2.16. The first-order valence-electron chi connectivity index (χ1n) is 6.86.